The van der Waals surface area contributed by atoms with Crippen LogP contribution in [0.3, 0.4) is 0 Å². The predicted molar refractivity (Wildman–Crippen MR) is 123 cm³/mol. The fourth-order valence-corrected chi connectivity index (χ4v) is 5.26. The van der Waals surface area contributed by atoms with Crippen LogP contribution in [0, 0.1) is 0 Å². The molecule has 3 heterocycles. The lowest BCUT2D eigenvalue weighted by molar-refractivity contribution is -0.118. The Morgan fingerprint density at radius 2 is 2.17 bits per heavy atom. The van der Waals surface area contributed by atoms with Gasteiger partial charge in [0, 0.05) is 31.1 Å². The molecule has 8 heteroatoms. The SMILES string of the molecule is CCOc1ccc2nc(N(CCCN3CCOCC3)C(=O)Cc3cccs3)sc2c1. The summed E-state index contributed by atoms with van der Waals surface area (Å²) >= 11 is 3.18. The molecule has 1 amide bonds. The second-order valence-electron chi connectivity index (χ2n) is 7.17. The highest BCUT2D eigenvalue weighted by Crippen LogP contribution is 2.32. The molecule has 3 aromatic rings. The lowest BCUT2D eigenvalue weighted by Crippen LogP contribution is -2.39. The standard InChI is InChI=1S/C22H27N3O3S2/c1-2-28-17-6-7-19-20(15-17)30-22(23-19)25(21(26)16-18-5-3-14-29-18)9-4-8-24-10-12-27-13-11-24/h3,5-7,14-15H,2,4,8-13,16H2,1H3. The molecule has 0 bridgehead atoms. The lowest BCUT2D eigenvalue weighted by Gasteiger charge is -2.27. The molecule has 1 fully saturated rings. The molecule has 6 nitrogen and oxygen atoms in total. The fourth-order valence-electron chi connectivity index (χ4n) is 3.53. The number of carbonyl (C=O) groups is 1. The van der Waals surface area contributed by atoms with Crippen LogP contribution in [0.2, 0.25) is 0 Å². The van der Waals surface area contributed by atoms with E-state index < -0.39 is 0 Å². The van der Waals surface area contributed by atoms with E-state index in [2.05, 4.69) is 4.90 Å². The highest BCUT2D eigenvalue weighted by Gasteiger charge is 2.21. The summed E-state index contributed by atoms with van der Waals surface area (Å²) < 4.78 is 12.1. The number of hydrogen-bond donors (Lipinski definition) is 0. The molecule has 0 saturated carbocycles. The third-order valence-corrected chi connectivity index (χ3v) is 6.97. The van der Waals surface area contributed by atoms with Gasteiger partial charge in [0.05, 0.1) is 36.5 Å². The van der Waals surface area contributed by atoms with Gasteiger partial charge >= 0.3 is 0 Å². The van der Waals surface area contributed by atoms with E-state index in [1.807, 2.05) is 47.5 Å². The molecule has 1 saturated heterocycles. The number of hydrogen-bond acceptors (Lipinski definition) is 7. The first-order chi connectivity index (χ1) is 14.7. The van der Waals surface area contributed by atoms with Crippen LogP contribution in [0.4, 0.5) is 5.13 Å². The number of carbonyl (C=O) groups excluding carboxylic acids is 1. The third kappa shape index (κ3) is 5.37. The molecule has 160 valence electrons. The van der Waals surface area contributed by atoms with E-state index in [1.165, 1.54) is 0 Å². The maximum absolute atomic E-state index is 13.2. The second-order valence-corrected chi connectivity index (χ2v) is 9.21. The normalized spacial score (nSPS) is 14.8. The van der Waals surface area contributed by atoms with Crippen LogP contribution in [-0.4, -0.2) is 61.8 Å². The smallest absolute Gasteiger partial charge is 0.234 e. The number of thiazole rings is 1. The molecule has 0 unspecified atom stereocenters. The molecule has 0 N–H and O–H groups in total. The van der Waals surface area contributed by atoms with E-state index >= 15 is 0 Å². The maximum Gasteiger partial charge on any atom is 0.234 e. The summed E-state index contributed by atoms with van der Waals surface area (Å²) in [6, 6.07) is 9.92. The van der Waals surface area contributed by atoms with Gasteiger partial charge in [0.1, 0.15) is 5.75 Å². The number of thiophene rings is 1. The average Bonchev–Trinajstić information content (AvgIpc) is 3.41. The van der Waals surface area contributed by atoms with Crippen molar-refractivity contribution in [1.82, 2.24) is 9.88 Å². The molecule has 1 aliphatic heterocycles. The minimum Gasteiger partial charge on any atom is -0.494 e. The van der Waals surface area contributed by atoms with Gasteiger partial charge in [0.25, 0.3) is 0 Å². The van der Waals surface area contributed by atoms with Gasteiger partial charge in [-0.25, -0.2) is 4.98 Å². The molecule has 2 aromatic heterocycles. The highest BCUT2D eigenvalue weighted by atomic mass is 32.1. The Morgan fingerprint density at radius 3 is 2.93 bits per heavy atom. The van der Waals surface area contributed by atoms with Crippen molar-refractivity contribution in [3.63, 3.8) is 0 Å². The number of ether oxygens (including phenoxy) is 2. The van der Waals surface area contributed by atoms with Gasteiger partial charge in [-0.3, -0.25) is 14.6 Å². The number of benzene rings is 1. The van der Waals surface area contributed by atoms with Crippen LogP contribution in [-0.2, 0) is 16.0 Å². The van der Waals surface area contributed by atoms with Gasteiger partial charge in [-0.05, 0) is 43.0 Å². The first-order valence-electron chi connectivity index (χ1n) is 10.4. The Hall–Kier alpha value is -2.00. The van der Waals surface area contributed by atoms with Crippen molar-refractivity contribution in [3.05, 3.63) is 40.6 Å². The minimum absolute atomic E-state index is 0.100. The lowest BCUT2D eigenvalue weighted by atomic mass is 10.3. The maximum atomic E-state index is 13.2. The minimum atomic E-state index is 0.100. The topological polar surface area (TPSA) is 54.9 Å². The van der Waals surface area contributed by atoms with Crippen molar-refractivity contribution >= 4 is 43.9 Å². The Bertz CT molecular complexity index is 952. The molecule has 4 rings (SSSR count). The summed E-state index contributed by atoms with van der Waals surface area (Å²) in [6.45, 7) is 7.74. The zero-order valence-corrected chi connectivity index (χ0v) is 18.8. The van der Waals surface area contributed by atoms with E-state index in [4.69, 9.17) is 14.5 Å². The second kappa shape index (κ2) is 10.3. The Balaban J connectivity index is 1.50. The number of fused-ring (bicyclic) bond motifs is 1. The monoisotopic (exact) mass is 445 g/mol. The summed E-state index contributed by atoms with van der Waals surface area (Å²) in [5.74, 6) is 0.937. The number of anilines is 1. The fraction of sp³-hybridized carbons (Fsp3) is 0.455. The average molecular weight is 446 g/mol. The first-order valence-corrected chi connectivity index (χ1v) is 12.1. The van der Waals surface area contributed by atoms with E-state index in [1.54, 1.807) is 22.7 Å². The predicted octanol–water partition coefficient (Wildman–Crippen LogP) is 4.05. The zero-order valence-electron chi connectivity index (χ0n) is 17.2. The number of morpholine rings is 1. The van der Waals surface area contributed by atoms with Crippen LogP contribution < -0.4 is 9.64 Å². The number of rotatable bonds is 9. The van der Waals surface area contributed by atoms with Crippen molar-refractivity contribution in [2.75, 3.05) is 50.9 Å². The van der Waals surface area contributed by atoms with E-state index in [0.717, 1.165) is 65.2 Å². The van der Waals surface area contributed by atoms with E-state index in [0.29, 0.717) is 19.6 Å². The molecule has 1 aliphatic rings. The summed E-state index contributed by atoms with van der Waals surface area (Å²) in [4.78, 5) is 23.3. The molecule has 30 heavy (non-hydrogen) atoms. The van der Waals surface area contributed by atoms with Gasteiger partial charge in [-0.1, -0.05) is 17.4 Å². The molecule has 0 radical (unpaired) electrons. The van der Waals surface area contributed by atoms with Crippen molar-refractivity contribution in [1.29, 1.82) is 0 Å². The molecule has 1 aromatic carbocycles. The Morgan fingerprint density at radius 1 is 1.30 bits per heavy atom. The van der Waals surface area contributed by atoms with Crippen LogP contribution in [0.25, 0.3) is 10.2 Å². The summed E-state index contributed by atoms with van der Waals surface area (Å²) in [5.41, 5.74) is 0.903. The third-order valence-electron chi connectivity index (χ3n) is 5.06. The quantitative estimate of drug-likeness (QED) is 0.497. The molecule has 0 spiro atoms. The van der Waals surface area contributed by atoms with Gasteiger partial charge < -0.3 is 9.47 Å². The van der Waals surface area contributed by atoms with Gasteiger partial charge in [-0.2, -0.15) is 0 Å². The van der Waals surface area contributed by atoms with Gasteiger partial charge in [0.15, 0.2) is 5.13 Å². The number of nitrogens with zero attached hydrogens (tertiary/aromatic N) is 3. The van der Waals surface area contributed by atoms with Crippen LogP contribution in [0.15, 0.2) is 35.7 Å². The van der Waals surface area contributed by atoms with Gasteiger partial charge in [-0.15, -0.1) is 11.3 Å². The van der Waals surface area contributed by atoms with E-state index in [-0.39, 0.29) is 5.91 Å². The van der Waals surface area contributed by atoms with Gasteiger partial charge in [0.2, 0.25) is 5.91 Å². The highest BCUT2D eigenvalue weighted by molar-refractivity contribution is 7.22. The van der Waals surface area contributed by atoms with Crippen molar-refractivity contribution in [3.8, 4) is 5.75 Å². The molecular weight excluding hydrogens is 418 g/mol. The molecular formula is C22H27N3O3S2. The molecule has 0 aliphatic carbocycles. The number of aromatic nitrogens is 1. The Kier molecular flexibility index (Phi) is 7.33. The largest absolute Gasteiger partial charge is 0.494 e. The van der Waals surface area contributed by atoms with Crippen molar-refractivity contribution in [2.45, 2.75) is 19.8 Å². The summed E-state index contributed by atoms with van der Waals surface area (Å²) in [5, 5.41) is 2.78. The number of amides is 1. The summed E-state index contributed by atoms with van der Waals surface area (Å²) in [7, 11) is 0. The van der Waals surface area contributed by atoms with Crippen molar-refractivity contribution in [2.24, 2.45) is 0 Å². The first kappa shape index (κ1) is 21.2. The van der Waals surface area contributed by atoms with E-state index in [9.17, 15) is 4.79 Å². The summed E-state index contributed by atoms with van der Waals surface area (Å²) in [6.07, 6.45) is 1.33. The van der Waals surface area contributed by atoms with Crippen LogP contribution in [0.5, 0.6) is 5.75 Å². The zero-order chi connectivity index (χ0) is 20.8. The molecule has 0 atom stereocenters. The van der Waals surface area contributed by atoms with Crippen LogP contribution in [0.1, 0.15) is 18.2 Å². The van der Waals surface area contributed by atoms with Crippen molar-refractivity contribution < 1.29 is 14.3 Å². The Labute approximate surface area is 185 Å². The van der Waals surface area contributed by atoms with Crippen LogP contribution >= 0.6 is 22.7 Å².